The molecule has 132 valence electrons. The molecule has 0 aromatic heterocycles. The summed E-state index contributed by atoms with van der Waals surface area (Å²) in [5.41, 5.74) is 1.99. The lowest BCUT2D eigenvalue weighted by Crippen LogP contribution is -2.38. The van der Waals surface area contributed by atoms with E-state index in [1.807, 2.05) is 12.1 Å². The van der Waals surface area contributed by atoms with Gasteiger partial charge in [0, 0.05) is 44.0 Å². The van der Waals surface area contributed by atoms with Crippen LogP contribution in [-0.2, 0) is 4.74 Å². The van der Waals surface area contributed by atoms with Crippen LogP contribution in [0.2, 0.25) is 0 Å². The molecule has 0 unspecified atom stereocenters. The average molecular weight is 331 g/mol. The maximum atomic E-state index is 12.2. The molecule has 1 aromatic rings. The van der Waals surface area contributed by atoms with Gasteiger partial charge in [-0.1, -0.05) is 0 Å². The highest BCUT2D eigenvalue weighted by atomic mass is 16.5. The number of piperidine rings is 1. The van der Waals surface area contributed by atoms with Gasteiger partial charge in [-0.3, -0.25) is 9.69 Å². The number of nitrogens with zero attached hydrogens (tertiary/aromatic N) is 2. The summed E-state index contributed by atoms with van der Waals surface area (Å²) in [4.78, 5) is 17.0. The monoisotopic (exact) mass is 331 g/mol. The van der Waals surface area contributed by atoms with Crippen molar-refractivity contribution in [3.05, 3.63) is 29.8 Å². The molecule has 2 aliphatic rings. The van der Waals surface area contributed by atoms with E-state index in [-0.39, 0.29) is 5.91 Å². The number of nitrogens with one attached hydrogen (secondary N) is 1. The third-order valence-corrected chi connectivity index (χ3v) is 4.89. The van der Waals surface area contributed by atoms with Gasteiger partial charge in [0.05, 0.1) is 13.2 Å². The molecule has 0 bridgehead atoms. The van der Waals surface area contributed by atoms with Gasteiger partial charge >= 0.3 is 0 Å². The number of anilines is 1. The van der Waals surface area contributed by atoms with Gasteiger partial charge in [0.15, 0.2) is 0 Å². The molecule has 2 heterocycles. The minimum atomic E-state index is 0.0298. The van der Waals surface area contributed by atoms with E-state index in [1.165, 1.54) is 24.9 Å². The normalized spacial score (nSPS) is 19.2. The van der Waals surface area contributed by atoms with Crippen LogP contribution >= 0.6 is 0 Å². The Morgan fingerprint density at radius 2 is 1.71 bits per heavy atom. The summed E-state index contributed by atoms with van der Waals surface area (Å²) >= 11 is 0. The molecule has 2 fully saturated rings. The highest BCUT2D eigenvalue weighted by molar-refractivity contribution is 5.94. The first-order valence-corrected chi connectivity index (χ1v) is 9.26. The summed E-state index contributed by atoms with van der Waals surface area (Å²) in [6.45, 7) is 7.69. The van der Waals surface area contributed by atoms with E-state index in [9.17, 15) is 4.79 Å². The first-order valence-electron chi connectivity index (χ1n) is 9.26. The second-order valence-electron chi connectivity index (χ2n) is 6.66. The highest BCUT2D eigenvalue weighted by Gasteiger charge is 2.12. The number of morpholine rings is 1. The molecule has 1 amide bonds. The number of rotatable bonds is 6. The fourth-order valence-electron chi connectivity index (χ4n) is 3.41. The molecule has 24 heavy (non-hydrogen) atoms. The summed E-state index contributed by atoms with van der Waals surface area (Å²) < 4.78 is 5.34. The lowest BCUT2D eigenvalue weighted by Gasteiger charge is -2.28. The number of carbonyl (C=O) groups excluding carboxylic acids is 1. The zero-order valence-electron chi connectivity index (χ0n) is 14.5. The molecule has 5 nitrogen and oxygen atoms in total. The van der Waals surface area contributed by atoms with Crippen LogP contribution in [0.15, 0.2) is 24.3 Å². The Kier molecular flexibility index (Phi) is 6.49. The molecule has 2 aliphatic heterocycles. The number of benzene rings is 1. The Hall–Kier alpha value is -1.59. The molecule has 1 aromatic carbocycles. The van der Waals surface area contributed by atoms with Crippen molar-refractivity contribution >= 4 is 11.6 Å². The number of carbonyl (C=O) groups is 1. The van der Waals surface area contributed by atoms with Crippen molar-refractivity contribution in [2.75, 3.05) is 57.4 Å². The van der Waals surface area contributed by atoms with Gasteiger partial charge in [-0.05, 0) is 56.5 Å². The van der Waals surface area contributed by atoms with E-state index in [1.54, 1.807) is 0 Å². The third-order valence-electron chi connectivity index (χ3n) is 4.89. The van der Waals surface area contributed by atoms with Crippen molar-refractivity contribution in [1.82, 2.24) is 10.2 Å². The molecule has 0 spiro atoms. The van der Waals surface area contributed by atoms with Crippen molar-refractivity contribution in [1.29, 1.82) is 0 Å². The molecule has 0 saturated carbocycles. The maximum Gasteiger partial charge on any atom is 0.251 e. The predicted octanol–water partition coefficient (Wildman–Crippen LogP) is 2.13. The summed E-state index contributed by atoms with van der Waals surface area (Å²) in [6.07, 6.45) is 4.86. The highest BCUT2D eigenvalue weighted by Crippen LogP contribution is 2.20. The SMILES string of the molecule is O=C(NCCCN1CCOCC1)c1ccc(N2CCCCC2)cc1. The molecule has 0 atom stereocenters. The zero-order valence-corrected chi connectivity index (χ0v) is 14.5. The van der Waals surface area contributed by atoms with Crippen LogP contribution < -0.4 is 10.2 Å². The van der Waals surface area contributed by atoms with Gasteiger partial charge in [0.25, 0.3) is 5.91 Å². The second kappa shape index (κ2) is 9.04. The molecular formula is C19H29N3O2. The Morgan fingerprint density at radius 3 is 2.42 bits per heavy atom. The van der Waals surface area contributed by atoms with Crippen LogP contribution in [0.3, 0.4) is 0 Å². The van der Waals surface area contributed by atoms with Gasteiger partial charge in [-0.25, -0.2) is 0 Å². The minimum Gasteiger partial charge on any atom is -0.379 e. The summed E-state index contributed by atoms with van der Waals surface area (Å²) in [5.74, 6) is 0.0298. The standard InChI is InChI=1S/C19H29N3O2/c23-19(20-9-4-10-21-13-15-24-16-14-21)17-5-7-18(8-6-17)22-11-2-1-3-12-22/h5-8H,1-4,9-16H2,(H,20,23). The third kappa shape index (κ3) is 4.95. The topological polar surface area (TPSA) is 44.8 Å². The van der Waals surface area contributed by atoms with Gasteiger partial charge in [0.2, 0.25) is 0 Å². The first-order chi connectivity index (χ1) is 11.8. The summed E-state index contributed by atoms with van der Waals surface area (Å²) in [5, 5.41) is 3.03. The Balaban J connectivity index is 1.39. The van der Waals surface area contributed by atoms with Crippen molar-refractivity contribution in [2.24, 2.45) is 0 Å². The van der Waals surface area contributed by atoms with Crippen LogP contribution in [-0.4, -0.2) is 63.3 Å². The average Bonchev–Trinajstić information content (AvgIpc) is 2.67. The van der Waals surface area contributed by atoms with Crippen LogP contribution in [0.4, 0.5) is 5.69 Å². The molecule has 0 aliphatic carbocycles. The Bertz CT molecular complexity index is 506. The van der Waals surface area contributed by atoms with Crippen molar-refractivity contribution in [2.45, 2.75) is 25.7 Å². The van der Waals surface area contributed by atoms with E-state index in [4.69, 9.17) is 4.74 Å². The van der Waals surface area contributed by atoms with E-state index in [0.29, 0.717) is 0 Å². The van der Waals surface area contributed by atoms with E-state index >= 15 is 0 Å². The number of amides is 1. The lowest BCUT2D eigenvalue weighted by atomic mass is 10.1. The summed E-state index contributed by atoms with van der Waals surface area (Å²) in [7, 11) is 0. The maximum absolute atomic E-state index is 12.2. The zero-order chi connectivity index (χ0) is 16.6. The van der Waals surface area contributed by atoms with Crippen LogP contribution in [0, 0.1) is 0 Å². The number of hydrogen-bond donors (Lipinski definition) is 1. The minimum absolute atomic E-state index is 0.0298. The fraction of sp³-hybridized carbons (Fsp3) is 0.632. The van der Waals surface area contributed by atoms with E-state index in [2.05, 4.69) is 27.2 Å². The molecule has 0 radical (unpaired) electrons. The first kappa shape index (κ1) is 17.2. The second-order valence-corrected chi connectivity index (χ2v) is 6.66. The van der Waals surface area contributed by atoms with Crippen molar-refractivity contribution in [3.63, 3.8) is 0 Å². The van der Waals surface area contributed by atoms with Crippen LogP contribution in [0.1, 0.15) is 36.0 Å². The molecule has 1 N–H and O–H groups in total. The molecular weight excluding hydrogens is 302 g/mol. The van der Waals surface area contributed by atoms with E-state index in [0.717, 1.165) is 64.5 Å². The van der Waals surface area contributed by atoms with Crippen molar-refractivity contribution in [3.8, 4) is 0 Å². The molecule has 5 heteroatoms. The van der Waals surface area contributed by atoms with Crippen LogP contribution in [0.5, 0.6) is 0 Å². The predicted molar refractivity (Wildman–Crippen MR) is 96.7 cm³/mol. The van der Waals surface area contributed by atoms with E-state index < -0.39 is 0 Å². The molecule has 2 saturated heterocycles. The van der Waals surface area contributed by atoms with Gasteiger partial charge < -0.3 is 15.0 Å². The molecule has 3 rings (SSSR count). The Labute approximate surface area is 145 Å². The quantitative estimate of drug-likeness (QED) is 0.811. The fourth-order valence-corrected chi connectivity index (χ4v) is 3.41. The largest absolute Gasteiger partial charge is 0.379 e. The lowest BCUT2D eigenvalue weighted by molar-refractivity contribution is 0.0374. The smallest absolute Gasteiger partial charge is 0.251 e. The van der Waals surface area contributed by atoms with Gasteiger partial charge in [-0.15, -0.1) is 0 Å². The van der Waals surface area contributed by atoms with Crippen LogP contribution in [0.25, 0.3) is 0 Å². The Morgan fingerprint density at radius 1 is 1.00 bits per heavy atom. The number of hydrogen-bond acceptors (Lipinski definition) is 4. The van der Waals surface area contributed by atoms with Gasteiger partial charge in [0.1, 0.15) is 0 Å². The van der Waals surface area contributed by atoms with Crippen molar-refractivity contribution < 1.29 is 9.53 Å². The number of ether oxygens (including phenoxy) is 1. The van der Waals surface area contributed by atoms with Gasteiger partial charge in [-0.2, -0.15) is 0 Å². The summed E-state index contributed by atoms with van der Waals surface area (Å²) in [6, 6.07) is 8.05.